The van der Waals surface area contributed by atoms with E-state index in [0.29, 0.717) is 0 Å². The van der Waals surface area contributed by atoms with Crippen LogP contribution in [-0.4, -0.2) is 16.3 Å². The van der Waals surface area contributed by atoms with Gasteiger partial charge in [-0.3, -0.25) is 0 Å². The predicted octanol–water partition coefficient (Wildman–Crippen LogP) is 4.57. The second kappa shape index (κ2) is 4.91. The highest BCUT2D eigenvalue weighted by atomic mass is 16.3. The first-order valence-electron chi connectivity index (χ1n) is 8.15. The molecule has 0 aliphatic heterocycles. The van der Waals surface area contributed by atoms with E-state index in [1.165, 1.54) is 26.9 Å². The van der Waals surface area contributed by atoms with Gasteiger partial charge in [0.15, 0.2) is 0 Å². The number of fused-ring (bicyclic) bond motifs is 7. The Morgan fingerprint density at radius 1 is 0.625 bits per heavy atom. The zero-order chi connectivity index (χ0) is 16.3. The second-order valence-electron chi connectivity index (χ2n) is 6.41. The summed E-state index contributed by atoms with van der Waals surface area (Å²) >= 11 is 0. The molecule has 4 aromatic carbocycles. The molecule has 0 saturated heterocycles. The number of hydrogen-bond acceptors (Lipinski definition) is 2. The van der Waals surface area contributed by atoms with Gasteiger partial charge in [-0.1, -0.05) is 72.8 Å². The van der Waals surface area contributed by atoms with Crippen molar-refractivity contribution in [3.8, 4) is 0 Å². The Bertz CT molecular complexity index is 1140. The van der Waals surface area contributed by atoms with Crippen LogP contribution in [0.5, 0.6) is 0 Å². The fourth-order valence-corrected chi connectivity index (χ4v) is 3.87. The fraction of sp³-hybridized carbons (Fsp3) is 0.0909. The third kappa shape index (κ3) is 1.78. The van der Waals surface area contributed by atoms with Crippen LogP contribution in [0.15, 0.2) is 66.7 Å². The van der Waals surface area contributed by atoms with Crippen LogP contribution in [-0.2, 0) is 0 Å². The molecule has 2 atom stereocenters. The third-order valence-electron chi connectivity index (χ3n) is 5.10. The Morgan fingerprint density at radius 2 is 1.29 bits per heavy atom. The van der Waals surface area contributed by atoms with E-state index >= 15 is 0 Å². The number of aliphatic hydroxyl groups excluding tert-OH is 2. The first kappa shape index (κ1) is 13.7. The van der Waals surface area contributed by atoms with Gasteiger partial charge in [-0.25, -0.2) is 0 Å². The molecule has 0 saturated carbocycles. The molecule has 24 heavy (non-hydrogen) atoms. The molecule has 0 radical (unpaired) electrons. The highest BCUT2D eigenvalue weighted by Crippen LogP contribution is 2.37. The summed E-state index contributed by atoms with van der Waals surface area (Å²) in [6.07, 6.45) is 1.89. The molecule has 116 valence electrons. The van der Waals surface area contributed by atoms with Crippen LogP contribution in [0.1, 0.15) is 17.2 Å². The number of rotatable bonds is 0. The molecule has 0 spiro atoms. The SMILES string of the molecule is O[C@@H]1C=Cc2c(ccc3c2ccc2c4ccccc4ccc32)[C@H]1O. The first-order chi connectivity index (χ1) is 11.7. The lowest BCUT2D eigenvalue weighted by atomic mass is 9.87. The minimum atomic E-state index is -0.860. The van der Waals surface area contributed by atoms with Crippen molar-refractivity contribution < 1.29 is 10.2 Å². The van der Waals surface area contributed by atoms with E-state index in [9.17, 15) is 10.2 Å². The van der Waals surface area contributed by atoms with Gasteiger partial charge in [0, 0.05) is 0 Å². The Labute approximate surface area is 139 Å². The van der Waals surface area contributed by atoms with Crippen LogP contribution in [0, 0.1) is 0 Å². The van der Waals surface area contributed by atoms with E-state index in [1.54, 1.807) is 6.08 Å². The quantitative estimate of drug-likeness (QED) is 0.467. The summed E-state index contributed by atoms with van der Waals surface area (Å²) < 4.78 is 0. The summed E-state index contributed by atoms with van der Waals surface area (Å²) in [6.45, 7) is 0. The van der Waals surface area contributed by atoms with Crippen LogP contribution < -0.4 is 0 Å². The van der Waals surface area contributed by atoms with Gasteiger partial charge in [-0.05, 0) is 43.4 Å². The maximum absolute atomic E-state index is 10.2. The molecule has 1 aliphatic rings. The van der Waals surface area contributed by atoms with Crippen molar-refractivity contribution in [1.29, 1.82) is 0 Å². The van der Waals surface area contributed by atoms with Gasteiger partial charge in [-0.2, -0.15) is 0 Å². The topological polar surface area (TPSA) is 40.5 Å². The molecule has 4 aromatic rings. The molecule has 5 rings (SSSR count). The predicted molar refractivity (Wildman–Crippen MR) is 99.0 cm³/mol. The molecule has 0 unspecified atom stereocenters. The molecule has 2 heteroatoms. The monoisotopic (exact) mass is 312 g/mol. The number of hydrogen-bond donors (Lipinski definition) is 2. The van der Waals surface area contributed by atoms with Crippen molar-refractivity contribution in [2.24, 2.45) is 0 Å². The van der Waals surface area contributed by atoms with Gasteiger partial charge in [-0.15, -0.1) is 0 Å². The van der Waals surface area contributed by atoms with E-state index in [4.69, 9.17) is 0 Å². The number of aliphatic hydroxyl groups is 2. The average molecular weight is 312 g/mol. The maximum atomic E-state index is 10.2. The molecule has 0 heterocycles. The summed E-state index contributed by atoms with van der Waals surface area (Å²) in [5, 5.41) is 27.3. The zero-order valence-corrected chi connectivity index (χ0v) is 13.0. The van der Waals surface area contributed by atoms with E-state index in [2.05, 4.69) is 54.6 Å². The molecular weight excluding hydrogens is 296 g/mol. The van der Waals surface area contributed by atoms with Gasteiger partial charge >= 0.3 is 0 Å². The van der Waals surface area contributed by atoms with Gasteiger partial charge in [0.05, 0.1) is 0 Å². The summed E-state index contributed by atoms with van der Waals surface area (Å²) in [4.78, 5) is 0. The highest BCUT2D eigenvalue weighted by Gasteiger charge is 2.23. The summed E-state index contributed by atoms with van der Waals surface area (Å²) in [6, 6.07) is 21.0. The van der Waals surface area contributed by atoms with E-state index in [0.717, 1.165) is 16.5 Å². The van der Waals surface area contributed by atoms with Gasteiger partial charge in [0.25, 0.3) is 0 Å². The van der Waals surface area contributed by atoms with Crippen molar-refractivity contribution in [3.05, 3.63) is 77.9 Å². The largest absolute Gasteiger partial charge is 0.386 e. The normalized spacial score (nSPS) is 19.9. The molecular formula is C22H16O2. The molecule has 2 nitrogen and oxygen atoms in total. The fourth-order valence-electron chi connectivity index (χ4n) is 3.87. The van der Waals surface area contributed by atoms with Crippen molar-refractivity contribution in [3.63, 3.8) is 0 Å². The lowest BCUT2D eigenvalue weighted by molar-refractivity contribution is 0.0471. The van der Waals surface area contributed by atoms with Gasteiger partial charge in [0.1, 0.15) is 12.2 Å². The molecule has 0 amide bonds. The van der Waals surface area contributed by atoms with Crippen LogP contribution in [0.4, 0.5) is 0 Å². The van der Waals surface area contributed by atoms with Crippen molar-refractivity contribution in [2.75, 3.05) is 0 Å². The lowest BCUT2D eigenvalue weighted by Gasteiger charge is -2.23. The minimum absolute atomic E-state index is 0.789. The van der Waals surface area contributed by atoms with Gasteiger partial charge < -0.3 is 10.2 Å². The summed E-state index contributed by atoms with van der Waals surface area (Å²) in [5.41, 5.74) is 1.79. The van der Waals surface area contributed by atoms with Crippen LogP contribution >= 0.6 is 0 Å². The Hall–Kier alpha value is -2.68. The Morgan fingerprint density at radius 3 is 2.21 bits per heavy atom. The van der Waals surface area contributed by atoms with Crippen LogP contribution in [0.25, 0.3) is 38.4 Å². The standard InChI is InChI=1S/C22H16O2/c23-21-12-11-19-18-8-7-15-14-4-2-1-3-13(14)5-6-16(15)17(18)9-10-20(19)22(21)24/h1-12,21-24H/t21-,22-/m1/s1. The molecule has 1 aliphatic carbocycles. The van der Waals surface area contributed by atoms with Gasteiger partial charge in [0.2, 0.25) is 0 Å². The van der Waals surface area contributed by atoms with Crippen molar-refractivity contribution in [1.82, 2.24) is 0 Å². The zero-order valence-electron chi connectivity index (χ0n) is 13.0. The smallest absolute Gasteiger partial charge is 0.109 e. The maximum Gasteiger partial charge on any atom is 0.109 e. The van der Waals surface area contributed by atoms with E-state index in [-0.39, 0.29) is 0 Å². The van der Waals surface area contributed by atoms with Crippen LogP contribution in [0.3, 0.4) is 0 Å². The van der Waals surface area contributed by atoms with Crippen molar-refractivity contribution >= 4 is 38.4 Å². The van der Waals surface area contributed by atoms with Crippen LogP contribution in [0.2, 0.25) is 0 Å². The van der Waals surface area contributed by atoms with E-state index in [1.807, 2.05) is 12.1 Å². The summed E-state index contributed by atoms with van der Waals surface area (Å²) in [7, 11) is 0. The Balaban J connectivity index is 1.91. The van der Waals surface area contributed by atoms with E-state index < -0.39 is 12.2 Å². The molecule has 0 fully saturated rings. The average Bonchev–Trinajstić information content (AvgIpc) is 2.63. The highest BCUT2D eigenvalue weighted by molar-refractivity contribution is 6.18. The third-order valence-corrected chi connectivity index (χ3v) is 5.10. The van der Waals surface area contributed by atoms with Crippen molar-refractivity contribution in [2.45, 2.75) is 12.2 Å². The summed E-state index contributed by atoms with van der Waals surface area (Å²) in [5.74, 6) is 0. The molecule has 2 N–H and O–H groups in total. The second-order valence-corrected chi connectivity index (χ2v) is 6.41. The lowest BCUT2D eigenvalue weighted by Crippen LogP contribution is -2.19. The minimum Gasteiger partial charge on any atom is -0.386 e. The molecule has 0 bridgehead atoms. The Kier molecular flexibility index (Phi) is 2.81. The first-order valence-corrected chi connectivity index (χ1v) is 8.15. The number of benzene rings is 4. The molecule has 0 aromatic heterocycles.